The summed E-state index contributed by atoms with van der Waals surface area (Å²) in [7, 11) is 1.57. The van der Waals surface area contributed by atoms with E-state index in [1.807, 2.05) is 6.07 Å². The van der Waals surface area contributed by atoms with Crippen molar-refractivity contribution in [1.29, 1.82) is 0 Å². The molecule has 0 unspecified atom stereocenters. The number of methoxy groups -OCH3 is 1. The van der Waals surface area contributed by atoms with Gasteiger partial charge in [-0.05, 0) is 0 Å². The average Bonchev–Trinajstić information content (AvgIpc) is 3.01. The van der Waals surface area contributed by atoms with Gasteiger partial charge in [0.05, 0.1) is 37.2 Å². The highest BCUT2D eigenvalue weighted by Crippen LogP contribution is 2.33. The lowest BCUT2D eigenvalue weighted by Crippen LogP contribution is -2.53. The molecule has 0 bridgehead atoms. The van der Waals surface area contributed by atoms with Crippen molar-refractivity contribution in [2.45, 2.75) is 19.9 Å². The zero-order valence-electron chi connectivity index (χ0n) is 15.6. The van der Waals surface area contributed by atoms with Gasteiger partial charge in [0.1, 0.15) is 0 Å². The summed E-state index contributed by atoms with van der Waals surface area (Å²) in [6.45, 7) is 3.96. The number of anilines is 2. The molecule has 2 aliphatic heterocycles. The number of likely N-dealkylation sites (tertiary alicyclic amines) is 1. The topological polar surface area (TPSA) is 87.7 Å². The molecular weight excluding hydrogens is 402 g/mol. The summed E-state index contributed by atoms with van der Waals surface area (Å²) >= 11 is 7.50. The van der Waals surface area contributed by atoms with Crippen LogP contribution < -0.4 is 15.0 Å². The summed E-state index contributed by atoms with van der Waals surface area (Å²) in [5.74, 6) is 0.311. The first-order chi connectivity index (χ1) is 13.4. The van der Waals surface area contributed by atoms with Crippen LogP contribution in [0.25, 0.3) is 0 Å². The molecule has 28 heavy (non-hydrogen) atoms. The monoisotopic (exact) mass is 421 g/mol. The van der Waals surface area contributed by atoms with Crippen LogP contribution in [-0.2, 0) is 22.6 Å². The van der Waals surface area contributed by atoms with E-state index in [-0.39, 0.29) is 17.7 Å². The van der Waals surface area contributed by atoms with Crippen molar-refractivity contribution in [3.8, 4) is 5.75 Å². The minimum absolute atomic E-state index is 0.00201. The SMILES string of the molecule is COc1cc(N2CCc3nc(NC(=O)C4CN(C(C)=O)C4)sc3C2)cnc1Cl. The molecule has 0 aliphatic carbocycles. The van der Waals surface area contributed by atoms with Gasteiger partial charge in [0, 0.05) is 43.9 Å². The van der Waals surface area contributed by atoms with Crippen LogP contribution in [0.3, 0.4) is 0 Å². The van der Waals surface area contributed by atoms with Crippen molar-refractivity contribution < 1.29 is 14.3 Å². The number of hydrogen-bond donors (Lipinski definition) is 1. The van der Waals surface area contributed by atoms with Gasteiger partial charge in [-0.3, -0.25) is 9.59 Å². The first-order valence-electron chi connectivity index (χ1n) is 8.94. The standard InChI is InChI=1S/C18H20ClN5O3S/c1-10(25)24-7-11(8-24)17(26)22-18-21-13-3-4-23(9-15(13)28-18)12-5-14(27-2)16(19)20-6-12/h5-6,11H,3-4,7-9H2,1-2H3,(H,21,22,26). The fraction of sp³-hybridized carbons (Fsp3) is 0.444. The Morgan fingerprint density at radius 1 is 1.39 bits per heavy atom. The van der Waals surface area contributed by atoms with Crippen molar-refractivity contribution in [1.82, 2.24) is 14.9 Å². The summed E-state index contributed by atoms with van der Waals surface area (Å²) < 4.78 is 5.25. The van der Waals surface area contributed by atoms with Crippen molar-refractivity contribution in [3.05, 3.63) is 28.0 Å². The van der Waals surface area contributed by atoms with E-state index < -0.39 is 0 Å². The molecule has 0 radical (unpaired) electrons. The van der Waals surface area contributed by atoms with Crippen molar-refractivity contribution in [2.75, 3.05) is 37.0 Å². The Bertz CT molecular complexity index is 928. The Balaban J connectivity index is 1.41. The lowest BCUT2D eigenvalue weighted by atomic mass is 9.99. The summed E-state index contributed by atoms with van der Waals surface area (Å²) in [5.41, 5.74) is 1.95. The van der Waals surface area contributed by atoms with Gasteiger partial charge in [-0.25, -0.2) is 9.97 Å². The second-order valence-corrected chi connectivity index (χ2v) is 8.30. The number of nitrogens with one attached hydrogen (secondary N) is 1. The number of amides is 2. The molecule has 2 aromatic rings. The Labute approximate surface area is 171 Å². The maximum atomic E-state index is 12.3. The summed E-state index contributed by atoms with van der Waals surface area (Å²) in [6.07, 6.45) is 2.52. The van der Waals surface area contributed by atoms with Gasteiger partial charge < -0.3 is 19.9 Å². The molecule has 2 amide bonds. The number of carbonyl (C=O) groups is 2. The number of aromatic nitrogens is 2. The number of rotatable bonds is 4. The van der Waals surface area contributed by atoms with Crippen molar-refractivity contribution >= 4 is 45.6 Å². The number of hydrogen-bond acceptors (Lipinski definition) is 7. The number of thiazole rings is 1. The maximum Gasteiger partial charge on any atom is 0.232 e. The van der Waals surface area contributed by atoms with E-state index in [0.717, 1.165) is 29.2 Å². The highest BCUT2D eigenvalue weighted by molar-refractivity contribution is 7.15. The highest BCUT2D eigenvalue weighted by atomic mass is 35.5. The lowest BCUT2D eigenvalue weighted by molar-refractivity contribution is -0.139. The van der Waals surface area contributed by atoms with Gasteiger partial charge in [-0.2, -0.15) is 0 Å². The van der Waals surface area contributed by atoms with Crippen LogP contribution in [0.2, 0.25) is 5.15 Å². The third-order valence-electron chi connectivity index (χ3n) is 5.04. The zero-order valence-corrected chi connectivity index (χ0v) is 17.1. The Morgan fingerprint density at radius 2 is 2.18 bits per heavy atom. The summed E-state index contributed by atoms with van der Waals surface area (Å²) in [4.78, 5) is 37.3. The molecule has 0 spiro atoms. The van der Waals surface area contributed by atoms with Gasteiger partial charge in [0.2, 0.25) is 11.8 Å². The number of carbonyl (C=O) groups excluding carboxylic acids is 2. The van der Waals surface area contributed by atoms with E-state index in [4.69, 9.17) is 16.3 Å². The molecule has 0 saturated carbocycles. The highest BCUT2D eigenvalue weighted by Gasteiger charge is 2.34. The first-order valence-corrected chi connectivity index (χ1v) is 10.1. The van der Waals surface area contributed by atoms with Gasteiger partial charge in [-0.1, -0.05) is 22.9 Å². The molecule has 148 valence electrons. The molecule has 2 aliphatic rings. The molecule has 0 atom stereocenters. The quantitative estimate of drug-likeness (QED) is 0.761. The molecule has 10 heteroatoms. The Kier molecular flexibility index (Phi) is 5.11. The summed E-state index contributed by atoms with van der Waals surface area (Å²) in [5, 5.41) is 3.86. The Morgan fingerprint density at radius 3 is 2.89 bits per heavy atom. The second-order valence-electron chi connectivity index (χ2n) is 6.86. The molecule has 2 aromatic heterocycles. The number of ether oxygens (including phenoxy) is 1. The second kappa shape index (κ2) is 7.56. The first kappa shape index (κ1) is 18.9. The minimum Gasteiger partial charge on any atom is -0.493 e. The lowest BCUT2D eigenvalue weighted by Gasteiger charge is -2.37. The van der Waals surface area contributed by atoms with Crippen molar-refractivity contribution in [3.63, 3.8) is 0 Å². The van der Waals surface area contributed by atoms with Crippen LogP contribution in [0, 0.1) is 5.92 Å². The van der Waals surface area contributed by atoms with Gasteiger partial charge in [-0.15, -0.1) is 0 Å². The average molecular weight is 422 g/mol. The predicted octanol–water partition coefficient (Wildman–Crippen LogP) is 2.18. The molecule has 8 nitrogen and oxygen atoms in total. The van der Waals surface area contributed by atoms with Crippen LogP contribution in [0.15, 0.2) is 12.3 Å². The minimum atomic E-state index is -0.158. The molecule has 4 rings (SSSR count). The molecule has 1 fully saturated rings. The van der Waals surface area contributed by atoms with E-state index in [1.54, 1.807) is 18.2 Å². The fourth-order valence-corrected chi connectivity index (χ4v) is 4.52. The van der Waals surface area contributed by atoms with Crippen LogP contribution in [0.4, 0.5) is 10.8 Å². The Hall–Kier alpha value is -2.39. The van der Waals surface area contributed by atoms with Crippen LogP contribution in [-0.4, -0.2) is 53.4 Å². The van der Waals surface area contributed by atoms with Crippen LogP contribution >= 0.6 is 22.9 Å². The summed E-state index contributed by atoms with van der Waals surface area (Å²) in [6, 6.07) is 1.88. The molecule has 0 aromatic carbocycles. The third kappa shape index (κ3) is 3.64. The number of nitrogens with zero attached hydrogens (tertiary/aromatic N) is 4. The van der Waals surface area contributed by atoms with Crippen LogP contribution in [0.5, 0.6) is 5.75 Å². The zero-order chi connectivity index (χ0) is 19.8. The molecule has 4 heterocycles. The molecule has 1 saturated heterocycles. The smallest absolute Gasteiger partial charge is 0.232 e. The maximum absolute atomic E-state index is 12.3. The number of fused-ring (bicyclic) bond motifs is 1. The molecular formula is C18H20ClN5O3S. The van der Waals surface area contributed by atoms with Gasteiger partial charge in [0.25, 0.3) is 0 Å². The third-order valence-corrected chi connectivity index (χ3v) is 6.32. The largest absolute Gasteiger partial charge is 0.493 e. The van der Waals surface area contributed by atoms with Crippen LogP contribution in [0.1, 0.15) is 17.5 Å². The normalized spacial score (nSPS) is 16.4. The van der Waals surface area contributed by atoms with E-state index in [2.05, 4.69) is 20.2 Å². The van der Waals surface area contributed by atoms with Crippen molar-refractivity contribution in [2.24, 2.45) is 5.92 Å². The predicted molar refractivity (Wildman–Crippen MR) is 107 cm³/mol. The molecule has 1 N–H and O–H groups in total. The van der Waals surface area contributed by atoms with E-state index in [0.29, 0.717) is 35.7 Å². The van der Waals surface area contributed by atoms with Gasteiger partial charge in [0.15, 0.2) is 16.0 Å². The fourth-order valence-electron chi connectivity index (χ4n) is 3.31. The van der Waals surface area contributed by atoms with Gasteiger partial charge >= 0.3 is 0 Å². The van der Waals surface area contributed by atoms with E-state index >= 15 is 0 Å². The van der Waals surface area contributed by atoms with E-state index in [1.165, 1.54) is 18.3 Å². The van der Waals surface area contributed by atoms with E-state index in [9.17, 15) is 9.59 Å². The number of pyridine rings is 1. The number of halogens is 1.